The predicted octanol–water partition coefficient (Wildman–Crippen LogP) is 0.914. The SMILES string of the molecule is O=C1NC(=O)C(C(=O)Nc2cc(Cl)cc(Cl)c2)C(=O)N1. The van der Waals surface area contributed by atoms with E-state index in [1.54, 1.807) is 0 Å². The summed E-state index contributed by atoms with van der Waals surface area (Å²) in [6.45, 7) is 0. The maximum atomic E-state index is 11.9. The Morgan fingerprint density at radius 2 is 1.50 bits per heavy atom. The Balaban J connectivity index is 2.17. The van der Waals surface area contributed by atoms with Crippen molar-refractivity contribution in [3.63, 3.8) is 0 Å². The van der Waals surface area contributed by atoms with Crippen LogP contribution < -0.4 is 16.0 Å². The first-order valence-electron chi connectivity index (χ1n) is 5.29. The fourth-order valence-electron chi connectivity index (χ4n) is 1.60. The van der Waals surface area contributed by atoms with Crippen molar-refractivity contribution in [2.45, 2.75) is 0 Å². The number of amides is 5. The molecule has 0 aliphatic carbocycles. The molecular formula is C11H7Cl2N3O4. The third-order valence-electron chi connectivity index (χ3n) is 2.39. The van der Waals surface area contributed by atoms with Gasteiger partial charge in [0.2, 0.25) is 17.7 Å². The Hall–Kier alpha value is -2.12. The van der Waals surface area contributed by atoms with E-state index in [0.29, 0.717) is 0 Å². The number of imide groups is 2. The maximum Gasteiger partial charge on any atom is 0.328 e. The predicted molar refractivity (Wildman–Crippen MR) is 70.3 cm³/mol. The summed E-state index contributed by atoms with van der Waals surface area (Å²) in [6, 6.07) is 3.29. The minimum absolute atomic E-state index is 0.227. The highest BCUT2D eigenvalue weighted by atomic mass is 35.5. The van der Waals surface area contributed by atoms with Crippen molar-refractivity contribution in [3.05, 3.63) is 28.2 Å². The van der Waals surface area contributed by atoms with Gasteiger partial charge in [0.05, 0.1) is 0 Å². The van der Waals surface area contributed by atoms with Crippen LogP contribution in [-0.4, -0.2) is 23.8 Å². The summed E-state index contributed by atoms with van der Waals surface area (Å²) in [5.74, 6) is -4.55. The van der Waals surface area contributed by atoms with E-state index in [1.807, 2.05) is 10.6 Å². The molecule has 2 rings (SSSR count). The Bertz CT molecular complexity index is 592. The first kappa shape index (κ1) is 14.3. The van der Waals surface area contributed by atoms with Gasteiger partial charge in [-0.15, -0.1) is 0 Å². The van der Waals surface area contributed by atoms with Crippen LogP contribution in [0.15, 0.2) is 18.2 Å². The second kappa shape index (κ2) is 5.48. The van der Waals surface area contributed by atoms with Crippen molar-refractivity contribution in [1.29, 1.82) is 0 Å². The molecule has 1 aliphatic rings. The minimum atomic E-state index is -1.66. The second-order valence-corrected chi connectivity index (χ2v) is 4.76. The van der Waals surface area contributed by atoms with Crippen molar-refractivity contribution in [2.75, 3.05) is 5.32 Å². The molecule has 0 spiro atoms. The van der Waals surface area contributed by atoms with Gasteiger partial charge in [0.25, 0.3) is 0 Å². The van der Waals surface area contributed by atoms with E-state index >= 15 is 0 Å². The Labute approximate surface area is 122 Å². The molecule has 0 bridgehead atoms. The average Bonchev–Trinajstić information content (AvgIpc) is 2.25. The van der Waals surface area contributed by atoms with Gasteiger partial charge in [-0.2, -0.15) is 0 Å². The number of nitrogens with one attached hydrogen (secondary N) is 3. The van der Waals surface area contributed by atoms with Crippen molar-refractivity contribution < 1.29 is 19.2 Å². The van der Waals surface area contributed by atoms with Crippen molar-refractivity contribution in [3.8, 4) is 0 Å². The summed E-state index contributed by atoms with van der Waals surface area (Å²) in [4.78, 5) is 45.7. The highest BCUT2D eigenvalue weighted by Crippen LogP contribution is 2.23. The van der Waals surface area contributed by atoms with Crippen LogP contribution in [0, 0.1) is 5.92 Å². The first-order chi connectivity index (χ1) is 9.36. The first-order valence-corrected chi connectivity index (χ1v) is 6.05. The number of carbonyl (C=O) groups is 4. The summed E-state index contributed by atoms with van der Waals surface area (Å²) < 4.78 is 0. The van der Waals surface area contributed by atoms with E-state index in [1.165, 1.54) is 18.2 Å². The molecule has 0 radical (unpaired) electrons. The highest BCUT2D eigenvalue weighted by Gasteiger charge is 2.39. The van der Waals surface area contributed by atoms with E-state index in [2.05, 4.69) is 5.32 Å². The standard InChI is InChI=1S/C11H7Cl2N3O4/c12-4-1-5(13)3-6(2-4)14-8(17)7-9(18)15-11(20)16-10(7)19/h1-3,7H,(H,14,17)(H2,15,16,18,19,20). The lowest BCUT2D eigenvalue weighted by atomic mass is 10.1. The Kier molecular flexibility index (Phi) is 3.91. The fourth-order valence-corrected chi connectivity index (χ4v) is 2.12. The van der Waals surface area contributed by atoms with Crippen LogP contribution in [0.1, 0.15) is 0 Å². The number of urea groups is 1. The van der Waals surface area contributed by atoms with E-state index in [-0.39, 0.29) is 15.7 Å². The largest absolute Gasteiger partial charge is 0.328 e. The van der Waals surface area contributed by atoms with Crippen molar-refractivity contribution >= 4 is 52.6 Å². The Morgan fingerprint density at radius 3 is 2.00 bits per heavy atom. The molecule has 1 aromatic rings. The third-order valence-corrected chi connectivity index (χ3v) is 2.83. The van der Waals surface area contributed by atoms with Gasteiger partial charge in [-0.25, -0.2) is 4.79 Å². The lowest BCUT2D eigenvalue weighted by Gasteiger charge is -2.19. The molecule has 1 fully saturated rings. The van der Waals surface area contributed by atoms with Gasteiger partial charge in [-0.05, 0) is 18.2 Å². The van der Waals surface area contributed by atoms with Gasteiger partial charge >= 0.3 is 6.03 Å². The molecule has 104 valence electrons. The normalized spacial score (nSPS) is 15.6. The van der Waals surface area contributed by atoms with Gasteiger partial charge in [0.1, 0.15) is 0 Å². The van der Waals surface area contributed by atoms with Crippen LogP contribution in [0.5, 0.6) is 0 Å². The van der Waals surface area contributed by atoms with Crippen LogP contribution in [0.25, 0.3) is 0 Å². The van der Waals surface area contributed by atoms with Crippen LogP contribution in [-0.2, 0) is 14.4 Å². The zero-order chi connectivity index (χ0) is 14.9. The average molecular weight is 316 g/mol. The van der Waals surface area contributed by atoms with E-state index in [0.717, 1.165) is 0 Å². The number of hydrogen-bond donors (Lipinski definition) is 3. The molecule has 20 heavy (non-hydrogen) atoms. The molecule has 0 unspecified atom stereocenters. The lowest BCUT2D eigenvalue weighted by molar-refractivity contribution is -0.141. The van der Waals surface area contributed by atoms with E-state index in [9.17, 15) is 19.2 Å². The number of halogens is 2. The van der Waals surface area contributed by atoms with E-state index < -0.39 is 29.7 Å². The van der Waals surface area contributed by atoms with Gasteiger partial charge in [-0.3, -0.25) is 25.0 Å². The summed E-state index contributed by atoms with van der Waals surface area (Å²) >= 11 is 11.5. The van der Waals surface area contributed by atoms with Crippen molar-refractivity contribution in [2.24, 2.45) is 5.92 Å². The number of rotatable bonds is 2. The van der Waals surface area contributed by atoms with Crippen LogP contribution in [0.3, 0.4) is 0 Å². The quantitative estimate of drug-likeness (QED) is 0.706. The number of barbiturate groups is 1. The smallest absolute Gasteiger partial charge is 0.325 e. The molecule has 5 amide bonds. The van der Waals surface area contributed by atoms with Gasteiger partial charge < -0.3 is 5.32 Å². The van der Waals surface area contributed by atoms with Crippen LogP contribution >= 0.6 is 23.2 Å². The van der Waals surface area contributed by atoms with Crippen LogP contribution in [0.2, 0.25) is 10.0 Å². The number of carbonyl (C=O) groups excluding carboxylic acids is 4. The zero-order valence-corrected chi connectivity index (χ0v) is 11.2. The van der Waals surface area contributed by atoms with Gasteiger partial charge in [-0.1, -0.05) is 23.2 Å². The summed E-state index contributed by atoms with van der Waals surface area (Å²) in [5.41, 5.74) is 0.227. The Morgan fingerprint density at radius 1 is 1.00 bits per heavy atom. The van der Waals surface area contributed by atoms with Gasteiger partial charge in [0, 0.05) is 15.7 Å². The highest BCUT2D eigenvalue weighted by molar-refractivity contribution is 6.35. The number of benzene rings is 1. The molecule has 9 heteroatoms. The molecule has 0 saturated carbocycles. The maximum absolute atomic E-state index is 11.9. The lowest BCUT2D eigenvalue weighted by Crippen LogP contribution is -2.58. The topological polar surface area (TPSA) is 104 Å². The molecule has 1 aromatic carbocycles. The monoisotopic (exact) mass is 315 g/mol. The van der Waals surface area contributed by atoms with Crippen LogP contribution in [0.4, 0.5) is 10.5 Å². The van der Waals surface area contributed by atoms with E-state index in [4.69, 9.17) is 23.2 Å². The summed E-state index contributed by atoms with van der Waals surface area (Å²) in [5, 5.41) is 6.54. The number of hydrogen-bond acceptors (Lipinski definition) is 4. The van der Waals surface area contributed by atoms with Gasteiger partial charge in [0.15, 0.2) is 5.92 Å². The van der Waals surface area contributed by atoms with Crippen molar-refractivity contribution in [1.82, 2.24) is 10.6 Å². The fraction of sp³-hybridized carbons (Fsp3) is 0.0909. The molecule has 3 N–H and O–H groups in total. The molecule has 1 saturated heterocycles. The molecule has 0 atom stereocenters. The summed E-state index contributed by atoms with van der Waals surface area (Å²) in [6.07, 6.45) is 0. The zero-order valence-electron chi connectivity index (χ0n) is 9.70. The molecular weight excluding hydrogens is 309 g/mol. The third kappa shape index (κ3) is 3.06. The second-order valence-electron chi connectivity index (χ2n) is 3.89. The molecule has 1 aliphatic heterocycles. The molecule has 1 heterocycles. The minimum Gasteiger partial charge on any atom is -0.325 e. The summed E-state index contributed by atoms with van der Waals surface area (Å²) in [7, 11) is 0. The molecule has 7 nitrogen and oxygen atoms in total. The number of anilines is 1. The molecule has 0 aromatic heterocycles.